The summed E-state index contributed by atoms with van der Waals surface area (Å²) in [4.78, 5) is 14.6. The molecule has 5 nitrogen and oxygen atoms in total. The molecule has 1 fully saturated rings. The molecule has 1 aliphatic carbocycles. The highest BCUT2D eigenvalue weighted by Gasteiger charge is 2.28. The van der Waals surface area contributed by atoms with Gasteiger partial charge in [0.2, 0.25) is 10.0 Å². The number of hydrogen-bond donors (Lipinski definition) is 1. The third-order valence-corrected chi connectivity index (χ3v) is 6.64. The Hall–Kier alpha value is -2.96. The molecule has 0 aromatic heterocycles. The second kappa shape index (κ2) is 8.42. The van der Waals surface area contributed by atoms with E-state index in [4.69, 9.17) is 0 Å². The number of carbonyl (C=O) groups excluding carboxylic acids is 1. The maximum Gasteiger partial charge on any atom is 0.253 e. The fraction of sp³-hybridized carbons (Fsp3) is 0.208. The SMILES string of the molecule is CN(Cc1ccc(-c2ccccc2)cc1)C(=O)c1cccc(S(=O)(=O)NC2CC2)c1. The predicted molar refractivity (Wildman–Crippen MR) is 117 cm³/mol. The van der Waals surface area contributed by atoms with Gasteiger partial charge in [0.1, 0.15) is 0 Å². The van der Waals surface area contributed by atoms with Gasteiger partial charge < -0.3 is 4.90 Å². The van der Waals surface area contributed by atoms with Crippen LogP contribution in [-0.2, 0) is 16.6 Å². The molecule has 0 atom stereocenters. The van der Waals surface area contributed by atoms with Gasteiger partial charge >= 0.3 is 0 Å². The third kappa shape index (κ3) is 4.78. The maximum atomic E-state index is 12.9. The van der Waals surface area contributed by atoms with Gasteiger partial charge in [0.05, 0.1) is 4.90 Å². The zero-order valence-electron chi connectivity index (χ0n) is 16.8. The molecule has 3 aromatic rings. The van der Waals surface area contributed by atoms with Crippen molar-refractivity contribution in [3.05, 3.63) is 90.0 Å². The maximum absolute atomic E-state index is 12.9. The highest BCUT2D eigenvalue weighted by molar-refractivity contribution is 7.89. The van der Waals surface area contributed by atoms with Gasteiger partial charge in [0, 0.05) is 25.2 Å². The molecular formula is C24H24N2O3S. The van der Waals surface area contributed by atoms with Crippen molar-refractivity contribution in [3.63, 3.8) is 0 Å². The van der Waals surface area contributed by atoms with Crippen LogP contribution in [0.1, 0.15) is 28.8 Å². The minimum atomic E-state index is -3.59. The van der Waals surface area contributed by atoms with Crippen molar-refractivity contribution >= 4 is 15.9 Å². The molecular weight excluding hydrogens is 396 g/mol. The quantitative estimate of drug-likeness (QED) is 0.627. The van der Waals surface area contributed by atoms with Gasteiger partial charge in [-0.3, -0.25) is 4.79 Å². The van der Waals surface area contributed by atoms with Gasteiger partial charge in [-0.15, -0.1) is 0 Å². The number of carbonyl (C=O) groups is 1. The minimum Gasteiger partial charge on any atom is -0.337 e. The molecule has 1 amide bonds. The largest absolute Gasteiger partial charge is 0.337 e. The monoisotopic (exact) mass is 420 g/mol. The van der Waals surface area contributed by atoms with Crippen molar-refractivity contribution < 1.29 is 13.2 Å². The standard InChI is InChI=1S/C24H24N2O3S/c1-26(17-18-10-12-20(13-11-18)19-6-3-2-4-7-19)24(27)21-8-5-9-23(16-21)30(28,29)25-22-14-15-22/h2-13,16,22,25H,14-15,17H2,1H3. The van der Waals surface area contributed by atoms with Gasteiger partial charge in [-0.1, -0.05) is 60.7 Å². The van der Waals surface area contributed by atoms with Crippen LogP contribution in [0.4, 0.5) is 0 Å². The summed E-state index contributed by atoms with van der Waals surface area (Å²) in [6.45, 7) is 0.436. The van der Waals surface area contributed by atoms with Crippen molar-refractivity contribution in [1.29, 1.82) is 0 Å². The molecule has 0 unspecified atom stereocenters. The van der Waals surface area contributed by atoms with Gasteiger partial charge in [-0.25, -0.2) is 13.1 Å². The Kier molecular flexibility index (Phi) is 5.70. The predicted octanol–water partition coefficient (Wildman–Crippen LogP) is 4.07. The first-order chi connectivity index (χ1) is 14.4. The van der Waals surface area contributed by atoms with Crippen LogP contribution in [0.5, 0.6) is 0 Å². The number of hydrogen-bond acceptors (Lipinski definition) is 3. The first-order valence-electron chi connectivity index (χ1n) is 9.94. The van der Waals surface area contributed by atoms with Crippen LogP contribution < -0.4 is 4.72 Å². The van der Waals surface area contributed by atoms with Gasteiger partial charge in [-0.05, 0) is 47.7 Å². The molecule has 4 rings (SSSR count). The summed E-state index contributed by atoms with van der Waals surface area (Å²) in [5.74, 6) is -0.217. The molecule has 0 aliphatic heterocycles. The third-order valence-electron chi connectivity index (χ3n) is 5.12. The van der Waals surface area contributed by atoms with Crippen LogP contribution in [-0.4, -0.2) is 32.3 Å². The lowest BCUT2D eigenvalue weighted by Crippen LogP contribution is -2.28. The Morgan fingerprint density at radius 2 is 1.60 bits per heavy atom. The average molecular weight is 421 g/mol. The van der Waals surface area contributed by atoms with E-state index in [0.717, 1.165) is 29.5 Å². The Balaban J connectivity index is 1.45. The van der Waals surface area contributed by atoms with E-state index in [2.05, 4.69) is 16.9 Å². The molecule has 30 heavy (non-hydrogen) atoms. The van der Waals surface area contributed by atoms with E-state index in [1.165, 1.54) is 12.1 Å². The van der Waals surface area contributed by atoms with E-state index in [-0.39, 0.29) is 16.8 Å². The summed E-state index contributed by atoms with van der Waals surface area (Å²) in [5, 5.41) is 0. The average Bonchev–Trinajstić information content (AvgIpc) is 3.58. The zero-order chi connectivity index (χ0) is 21.1. The second-order valence-corrected chi connectivity index (χ2v) is 9.36. The molecule has 0 radical (unpaired) electrons. The Morgan fingerprint density at radius 3 is 2.27 bits per heavy atom. The van der Waals surface area contributed by atoms with Gasteiger partial charge in [0.15, 0.2) is 0 Å². The summed E-state index contributed by atoms with van der Waals surface area (Å²) in [5.41, 5.74) is 3.63. The highest BCUT2D eigenvalue weighted by atomic mass is 32.2. The first-order valence-corrected chi connectivity index (χ1v) is 11.4. The molecule has 1 aliphatic rings. The smallest absolute Gasteiger partial charge is 0.253 e. The van der Waals surface area contributed by atoms with E-state index in [1.54, 1.807) is 24.1 Å². The van der Waals surface area contributed by atoms with Crippen molar-refractivity contribution in [2.24, 2.45) is 0 Å². The van der Waals surface area contributed by atoms with E-state index in [0.29, 0.717) is 12.1 Å². The lowest BCUT2D eigenvalue weighted by Gasteiger charge is -2.18. The number of amides is 1. The summed E-state index contributed by atoms with van der Waals surface area (Å²) >= 11 is 0. The Bertz CT molecular complexity index is 1140. The Labute approximate surface area is 177 Å². The summed E-state index contributed by atoms with van der Waals surface area (Å²) < 4.78 is 27.5. The molecule has 0 saturated heterocycles. The minimum absolute atomic E-state index is 0.0240. The lowest BCUT2D eigenvalue weighted by atomic mass is 10.0. The Morgan fingerprint density at radius 1 is 0.933 bits per heavy atom. The van der Waals surface area contributed by atoms with Crippen LogP contribution in [0, 0.1) is 0 Å². The van der Waals surface area contributed by atoms with E-state index in [9.17, 15) is 13.2 Å². The highest BCUT2D eigenvalue weighted by Crippen LogP contribution is 2.23. The fourth-order valence-electron chi connectivity index (χ4n) is 3.28. The van der Waals surface area contributed by atoms with Crippen molar-refractivity contribution in [1.82, 2.24) is 9.62 Å². The van der Waals surface area contributed by atoms with Crippen LogP contribution >= 0.6 is 0 Å². The van der Waals surface area contributed by atoms with E-state index < -0.39 is 10.0 Å². The fourth-order valence-corrected chi connectivity index (χ4v) is 4.63. The number of benzene rings is 3. The van der Waals surface area contributed by atoms with Crippen LogP contribution in [0.2, 0.25) is 0 Å². The van der Waals surface area contributed by atoms with Crippen molar-refractivity contribution in [3.8, 4) is 11.1 Å². The van der Waals surface area contributed by atoms with Crippen LogP contribution in [0.15, 0.2) is 83.8 Å². The van der Waals surface area contributed by atoms with E-state index >= 15 is 0 Å². The van der Waals surface area contributed by atoms with Crippen LogP contribution in [0.25, 0.3) is 11.1 Å². The van der Waals surface area contributed by atoms with Crippen molar-refractivity contribution in [2.75, 3.05) is 7.05 Å². The molecule has 0 bridgehead atoms. The molecule has 3 aromatic carbocycles. The number of nitrogens with zero attached hydrogens (tertiary/aromatic N) is 1. The van der Waals surface area contributed by atoms with E-state index in [1.807, 2.05) is 42.5 Å². The number of nitrogens with one attached hydrogen (secondary N) is 1. The lowest BCUT2D eigenvalue weighted by molar-refractivity contribution is 0.0785. The molecule has 154 valence electrons. The molecule has 1 saturated carbocycles. The van der Waals surface area contributed by atoms with Crippen LogP contribution in [0.3, 0.4) is 0 Å². The zero-order valence-corrected chi connectivity index (χ0v) is 17.6. The summed E-state index contributed by atoms with van der Waals surface area (Å²) in [6.07, 6.45) is 1.73. The molecule has 6 heteroatoms. The van der Waals surface area contributed by atoms with Gasteiger partial charge in [-0.2, -0.15) is 0 Å². The molecule has 1 N–H and O–H groups in total. The summed E-state index contributed by atoms with van der Waals surface area (Å²) in [6, 6.07) is 24.5. The van der Waals surface area contributed by atoms with Gasteiger partial charge in [0.25, 0.3) is 5.91 Å². The second-order valence-electron chi connectivity index (χ2n) is 7.65. The summed E-state index contributed by atoms with van der Waals surface area (Å²) in [7, 11) is -1.87. The first kappa shape index (κ1) is 20.3. The number of rotatable bonds is 7. The molecule has 0 heterocycles. The normalized spacial score (nSPS) is 13.8. The molecule has 0 spiro atoms. The van der Waals surface area contributed by atoms with Crippen molar-refractivity contribution in [2.45, 2.75) is 30.3 Å². The number of sulfonamides is 1. The topological polar surface area (TPSA) is 66.5 Å².